The van der Waals surface area contributed by atoms with E-state index in [0.717, 1.165) is 0 Å². The molecule has 0 heterocycles. The van der Waals surface area contributed by atoms with Crippen LogP contribution in [0.5, 0.6) is 0 Å². The van der Waals surface area contributed by atoms with Crippen LogP contribution in [-0.2, 0) is 11.3 Å². The molecule has 1 aromatic rings. The maximum absolute atomic E-state index is 11.3. The fraction of sp³-hybridized carbons (Fsp3) is 0.562. The molecule has 0 unspecified atom stereocenters. The number of amides is 1. The highest BCUT2D eigenvalue weighted by molar-refractivity contribution is 5.75. The van der Waals surface area contributed by atoms with Crippen molar-refractivity contribution >= 4 is 5.91 Å². The molecule has 0 radical (unpaired) electrons. The van der Waals surface area contributed by atoms with E-state index < -0.39 is 0 Å². The summed E-state index contributed by atoms with van der Waals surface area (Å²) in [4.78, 5) is 13.1. The smallest absolute Gasteiger partial charge is 0.222 e. The van der Waals surface area contributed by atoms with Crippen LogP contribution in [0.1, 0.15) is 52.2 Å². The summed E-state index contributed by atoms with van der Waals surface area (Å²) in [6.07, 6.45) is 0.572. The highest BCUT2D eigenvalue weighted by atomic mass is 16.2. The molecule has 1 amide bonds. The minimum atomic E-state index is 0.186. The summed E-state index contributed by atoms with van der Waals surface area (Å²) in [5.41, 5.74) is 2.43. The van der Waals surface area contributed by atoms with Crippen molar-refractivity contribution in [2.75, 3.05) is 7.05 Å². The number of hydrogen-bond donors (Lipinski definition) is 0. The van der Waals surface area contributed by atoms with Gasteiger partial charge in [0.05, 0.1) is 0 Å². The van der Waals surface area contributed by atoms with Gasteiger partial charge in [-0.05, 0) is 12.5 Å². The summed E-state index contributed by atoms with van der Waals surface area (Å²) in [6.45, 7) is 12.6. The van der Waals surface area contributed by atoms with E-state index in [4.69, 9.17) is 0 Å². The van der Waals surface area contributed by atoms with E-state index in [2.05, 4.69) is 31.2 Å². The van der Waals surface area contributed by atoms with Gasteiger partial charge >= 0.3 is 0 Å². The third kappa shape index (κ3) is 7.88. The molecular weight excluding hydrogens is 222 g/mol. The number of benzene rings is 1. The second-order valence-electron chi connectivity index (χ2n) is 3.59. The molecule has 0 aliphatic rings. The van der Waals surface area contributed by atoms with Crippen LogP contribution in [-0.4, -0.2) is 17.9 Å². The van der Waals surface area contributed by atoms with Crippen molar-refractivity contribution in [3.05, 3.63) is 35.4 Å². The molecule has 0 bridgehead atoms. The number of hydrogen-bond acceptors (Lipinski definition) is 1. The zero-order valence-corrected chi connectivity index (χ0v) is 13.1. The van der Waals surface area contributed by atoms with Crippen molar-refractivity contribution in [1.82, 2.24) is 4.90 Å². The largest absolute Gasteiger partial charge is 0.341 e. The van der Waals surface area contributed by atoms with E-state index in [1.165, 1.54) is 11.1 Å². The highest BCUT2D eigenvalue weighted by Gasteiger charge is 2.05. The lowest BCUT2D eigenvalue weighted by Gasteiger charge is -2.16. The lowest BCUT2D eigenvalue weighted by atomic mass is 10.1. The Labute approximate surface area is 113 Å². The van der Waals surface area contributed by atoms with E-state index in [9.17, 15) is 4.79 Å². The van der Waals surface area contributed by atoms with Gasteiger partial charge < -0.3 is 4.90 Å². The standard InChI is InChI=1S/C12H17NO.2C2H6/c1-4-12(14)13(3)9-11-7-5-10(2)6-8-11;2*1-2/h5-8H,4,9H2,1-3H3;2*1-2H3. The monoisotopic (exact) mass is 251 g/mol. The fourth-order valence-electron chi connectivity index (χ4n) is 1.33. The van der Waals surface area contributed by atoms with Gasteiger partial charge in [0, 0.05) is 20.0 Å². The molecule has 0 aliphatic carbocycles. The molecule has 1 aromatic carbocycles. The Hall–Kier alpha value is -1.31. The highest BCUT2D eigenvalue weighted by Crippen LogP contribution is 2.06. The molecule has 0 aromatic heterocycles. The number of nitrogens with zero attached hydrogens (tertiary/aromatic N) is 1. The summed E-state index contributed by atoms with van der Waals surface area (Å²) < 4.78 is 0. The fourth-order valence-corrected chi connectivity index (χ4v) is 1.33. The van der Waals surface area contributed by atoms with E-state index >= 15 is 0 Å². The van der Waals surface area contributed by atoms with Gasteiger partial charge in [-0.25, -0.2) is 0 Å². The summed E-state index contributed by atoms with van der Waals surface area (Å²) in [6, 6.07) is 8.27. The zero-order chi connectivity index (χ0) is 14.6. The molecule has 2 heteroatoms. The lowest BCUT2D eigenvalue weighted by Crippen LogP contribution is -2.25. The SMILES string of the molecule is CC.CC.CCC(=O)N(C)Cc1ccc(C)cc1. The van der Waals surface area contributed by atoms with Crippen molar-refractivity contribution in [2.24, 2.45) is 0 Å². The first-order chi connectivity index (χ1) is 8.63. The summed E-state index contributed by atoms with van der Waals surface area (Å²) in [5, 5.41) is 0. The van der Waals surface area contributed by atoms with Crippen molar-refractivity contribution in [3.8, 4) is 0 Å². The molecule has 0 N–H and O–H groups in total. The lowest BCUT2D eigenvalue weighted by molar-refractivity contribution is -0.130. The molecule has 0 saturated carbocycles. The molecule has 2 nitrogen and oxygen atoms in total. The van der Waals surface area contributed by atoms with E-state index in [-0.39, 0.29) is 5.91 Å². The predicted molar refractivity (Wildman–Crippen MR) is 80.6 cm³/mol. The van der Waals surface area contributed by atoms with E-state index in [0.29, 0.717) is 13.0 Å². The summed E-state index contributed by atoms with van der Waals surface area (Å²) >= 11 is 0. The van der Waals surface area contributed by atoms with Gasteiger partial charge in [0.2, 0.25) is 5.91 Å². The maximum Gasteiger partial charge on any atom is 0.222 e. The van der Waals surface area contributed by atoms with Gasteiger partial charge in [-0.3, -0.25) is 4.79 Å². The Bertz CT molecular complexity index is 303. The minimum absolute atomic E-state index is 0.186. The number of rotatable bonds is 3. The molecule has 0 atom stereocenters. The first-order valence-corrected chi connectivity index (χ1v) is 6.93. The molecule has 1 rings (SSSR count). The van der Waals surface area contributed by atoms with Crippen LogP contribution in [0.4, 0.5) is 0 Å². The Morgan fingerprint density at radius 2 is 1.50 bits per heavy atom. The van der Waals surface area contributed by atoms with Crippen molar-refractivity contribution in [1.29, 1.82) is 0 Å². The average molecular weight is 251 g/mol. The second kappa shape index (κ2) is 12.2. The topological polar surface area (TPSA) is 20.3 Å². The first kappa shape index (κ1) is 19.0. The van der Waals surface area contributed by atoms with Crippen LogP contribution in [0.3, 0.4) is 0 Å². The number of carbonyl (C=O) groups excluding carboxylic acids is 1. The van der Waals surface area contributed by atoms with Crippen LogP contribution in [0.2, 0.25) is 0 Å². The van der Waals surface area contributed by atoms with Crippen molar-refractivity contribution in [2.45, 2.75) is 54.5 Å². The van der Waals surface area contributed by atoms with Crippen molar-refractivity contribution < 1.29 is 4.79 Å². The molecule has 0 spiro atoms. The molecule has 0 fully saturated rings. The molecule has 0 aliphatic heterocycles. The van der Waals surface area contributed by atoms with Crippen LogP contribution in [0.15, 0.2) is 24.3 Å². The first-order valence-electron chi connectivity index (χ1n) is 6.93. The quantitative estimate of drug-likeness (QED) is 0.779. The Kier molecular flexibility index (Phi) is 12.9. The van der Waals surface area contributed by atoms with Gasteiger partial charge in [-0.2, -0.15) is 0 Å². The van der Waals surface area contributed by atoms with Crippen LogP contribution >= 0.6 is 0 Å². The molecule has 0 saturated heterocycles. The molecule has 104 valence electrons. The average Bonchev–Trinajstić information content (AvgIpc) is 2.44. The predicted octanol–water partition coefficient (Wildman–Crippen LogP) is 4.42. The Morgan fingerprint density at radius 3 is 1.89 bits per heavy atom. The zero-order valence-electron chi connectivity index (χ0n) is 13.1. The third-order valence-corrected chi connectivity index (χ3v) is 2.27. The normalized spacial score (nSPS) is 8.39. The Balaban J connectivity index is 0. The second-order valence-corrected chi connectivity index (χ2v) is 3.59. The third-order valence-electron chi connectivity index (χ3n) is 2.27. The minimum Gasteiger partial charge on any atom is -0.341 e. The van der Waals surface area contributed by atoms with Gasteiger partial charge in [-0.1, -0.05) is 64.4 Å². The van der Waals surface area contributed by atoms with Gasteiger partial charge in [0.25, 0.3) is 0 Å². The molecule has 18 heavy (non-hydrogen) atoms. The van der Waals surface area contributed by atoms with Gasteiger partial charge in [-0.15, -0.1) is 0 Å². The summed E-state index contributed by atoms with van der Waals surface area (Å²) in [5.74, 6) is 0.186. The van der Waals surface area contributed by atoms with Gasteiger partial charge in [0.15, 0.2) is 0 Å². The Morgan fingerprint density at radius 1 is 1.06 bits per heavy atom. The van der Waals surface area contributed by atoms with Crippen molar-refractivity contribution in [3.63, 3.8) is 0 Å². The maximum atomic E-state index is 11.3. The molecular formula is C16H29NO. The van der Waals surface area contributed by atoms with Crippen LogP contribution in [0.25, 0.3) is 0 Å². The number of aryl methyl sites for hydroxylation is 1. The van der Waals surface area contributed by atoms with Crippen LogP contribution < -0.4 is 0 Å². The van der Waals surface area contributed by atoms with Crippen LogP contribution in [0, 0.1) is 6.92 Å². The number of carbonyl (C=O) groups is 1. The van der Waals surface area contributed by atoms with Gasteiger partial charge in [0.1, 0.15) is 0 Å². The summed E-state index contributed by atoms with van der Waals surface area (Å²) in [7, 11) is 1.84. The van der Waals surface area contributed by atoms with E-state index in [1.807, 2.05) is 41.7 Å². The van der Waals surface area contributed by atoms with E-state index in [1.54, 1.807) is 4.90 Å².